The molecule has 3 nitrogen and oxygen atoms in total. The maximum atomic E-state index is 8.59. The van der Waals surface area contributed by atoms with Gasteiger partial charge in [0, 0.05) is 0 Å². The van der Waals surface area contributed by atoms with Crippen molar-refractivity contribution in [1.82, 2.24) is 0 Å². The minimum Gasteiger partial charge on any atom is 2.00 e. The Labute approximate surface area is 53.2 Å². The Kier molecular flexibility index (Phi) is 10.1. The first-order chi connectivity index (χ1) is 1.73. The molecule has 0 aromatic heterocycles. The normalized spacial score (nSPS) is 7.00. The zero-order chi connectivity index (χ0) is 3.58. The van der Waals surface area contributed by atoms with E-state index in [1.165, 1.54) is 0 Å². The second-order valence-electron chi connectivity index (χ2n) is 0.204. The van der Waals surface area contributed by atoms with Gasteiger partial charge >= 0.3 is 53.5 Å². The van der Waals surface area contributed by atoms with Crippen molar-refractivity contribution in [1.29, 1.82) is 0 Å². The molecule has 0 radical (unpaired) electrons. The van der Waals surface area contributed by atoms with Crippen molar-refractivity contribution in [2.24, 2.45) is 0 Å². The van der Waals surface area contributed by atoms with Crippen molar-refractivity contribution in [3.8, 4) is 0 Å². The van der Waals surface area contributed by atoms with Crippen LogP contribution in [0.4, 0.5) is 0 Å². The first-order valence-electron chi connectivity index (χ1n) is 0.500. The summed E-state index contributed by atoms with van der Waals surface area (Å²) in [7, 11) is 0. The topological polar surface area (TPSA) is 63.2 Å². The Balaban J connectivity index is 0. The standard InChI is InChI=1S/Mg.H2O3Te/c;1-4(2)3/h;(H2,1,2,3)/q+2;/p-2. The summed E-state index contributed by atoms with van der Waals surface area (Å²) in [5.74, 6) is 0. The van der Waals surface area contributed by atoms with Crippen molar-refractivity contribution in [2.75, 3.05) is 0 Å². The molecule has 0 bridgehead atoms. The van der Waals surface area contributed by atoms with Gasteiger partial charge in [-0.15, -0.1) is 0 Å². The van der Waals surface area contributed by atoms with E-state index in [-0.39, 0.29) is 23.1 Å². The second kappa shape index (κ2) is 5.28. The molecule has 0 aliphatic carbocycles. The Morgan fingerprint density at radius 1 is 1.40 bits per heavy atom. The fourth-order valence-electron chi connectivity index (χ4n) is 0. The van der Waals surface area contributed by atoms with Gasteiger partial charge in [0.15, 0.2) is 0 Å². The van der Waals surface area contributed by atoms with Crippen LogP contribution in [-0.2, 0) is 3.10 Å². The van der Waals surface area contributed by atoms with Crippen LogP contribution in [0.25, 0.3) is 0 Å². The van der Waals surface area contributed by atoms with Crippen LogP contribution in [-0.4, -0.2) is 43.4 Å². The van der Waals surface area contributed by atoms with Gasteiger partial charge in [0.1, 0.15) is 0 Å². The molecule has 0 saturated carbocycles. The first-order valence-corrected chi connectivity index (χ1v) is 3.35. The summed E-state index contributed by atoms with van der Waals surface area (Å²) in [4.78, 5) is 0. The third-order valence-corrected chi connectivity index (χ3v) is 0. The minimum atomic E-state index is -4.11. The zero-order valence-electron chi connectivity index (χ0n) is 2.34. The smallest absolute Gasteiger partial charge is 2.00 e. The average Bonchev–Trinajstić information content (AvgIpc) is 0.811. The van der Waals surface area contributed by atoms with Gasteiger partial charge in [0.2, 0.25) is 0 Å². The van der Waals surface area contributed by atoms with Gasteiger partial charge < -0.3 is 0 Å². The maximum absolute atomic E-state index is 8.59. The Morgan fingerprint density at radius 3 is 1.40 bits per heavy atom. The number of hydrogen-bond donors (Lipinski definition) is 0. The van der Waals surface area contributed by atoms with Crippen LogP contribution in [0.15, 0.2) is 0 Å². The van der Waals surface area contributed by atoms with Crippen LogP contribution < -0.4 is 6.94 Å². The number of rotatable bonds is 0. The van der Waals surface area contributed by atoms with Gasteiger partial charge in [-0.1, -0.05) is 0 Å². The predicted molar refractivity (Wildman–Crippen MR) is 12.2 cm³/mol. The molecule has 0 atom stereocenters. The molecule has 5 heavy (non-hydrogen) atoms. The maximum Gasteiger partial charge on any atom is 2.00 e. The molecule has 0 aromatic rings. The van der Waals surface area contributed by atoms with Crippen LogP contribution in [0.1, 0.15) is 0 Å². The Morgan fingerprint density at radius 2 is 1.40 bits per heavy atom. The van der Waals surface area contributed by atoms with E-state index in [1.807, 2.05) is 0 Å². The van der Waals surface area contributed by atoms with Gasteiger partial charge in [-0.25, -0.2) is 0 Å². The molecule has 0 N–H and O–H groups in total. The van der Waals surface area contributed by atoms with Crippen molar-refractivity contribution >= 4 is 43.4 Å². The third-order valence-electron chi connectivity index (χ3n) is 0. The summed E-state index contributed by atoms with van der Waals surface area (Å²) in [6, 6.07) is 0. The van der Waals surface area contributed by atoms with Crippen LogP contribution in [0, 0.1) is 0 Å². The summed E-state index contributed by atoms with van der Waals surface area (Å²) < 4.78 is 25.8. The molecular formula is MgO3Te. The molecular weight excluding hydrogens is 200 g/mol. The predicted octanol–water partition coefficient (Wildman–Crippen LogP) is -3.26. The van der Waals surface area contributed by atoms with E-state index < -0.39 is 20.4 Å². The van der Waals surface area contributed by atoms with E-state index in [4.69, 9.17) is 10.0 Å². The Hall–Kier alpha value is 1.28. The van der Waals surface area contributed by atoms with Crippen LogP contribution in [0.3, 0.4) is 0 Å². The van der Waals surface area contributed by atoms with E-state index in [2.05, 4.69) is 0 Å². The second-order valence-corrected chi connectivity index (χ2v) is 1.37. The third kappa shape index (κ3) is 34.8. The van der Waals surface area contributed by atoms with E-state index >= 15 is 0 Å². The number of hydrogen-bond acceptors (Lipinski definition) is 3. The van der Waals surface area contributed by atoms with E-state index in [0.717, 1.165) is 0 Å². The van der Waals surface area contributed by atoms with Gasteiger partial charge in [0.05, 0.1) is 0 Å². The fourth-order valence-corrected chi connectivity index (χ4v) is 0. The molecule has 0 aromatic carbocycles. The van der Waals surface area contributed by atoms with E-state index in [9.17, 15) is 0 Å². The molecule has 0 fully saturated rings. The molecule has 26 valence electrons. The van der Waals surface area contributed by atoms with Gasteiger partial charge in [-0.3, -0.25) is 0 Å². The summed E-state index contributed by atoms with van der Waals surface area (Å²) >= 11 is -4.11. The van der Waals surface area contributed by atoms with Crippen molar-refractivity contribution in [3.05, 3.63) is 0 Å². The molecule has 0 unspecified atom stereocenters. The van der Waals surface area contributed by atoms with Gasteiger partial charge in [-0.05, 0) is 0 Å². The van der Waals surface area contributed by atoms with Crippen molar-refractivity contribution in [2.45, 2.75) is 0 Å². The van der Waals surface area contributed by atoms with Crippen LogP contribution >= 0.6 is 0 Å². The molecule has 0 spiro atoms. The molecule has 0 heterocycles. The largest absolute Gasteiger partial charge is 2.00 e. The molecule has 5 heteroatoms. The van der Waals surface area contributed by atoms with Crippen LogP contribution in [0.5, 0.6) is 0 Å². The Bertz CT molecular complexity index is 29.9. The van der Waals surface area contributed by atoms with E-state index in [0.29, 0.717) is 0 Å². The first kappa shape index (κ1) is 9.55. The monoisotopic (exact) mass is 202 g/mol. The molecule has 0 rings (SSSR count). The van der Waals surface area contributed by atoms with Crippen molar-refractivity contribution in [3.63, 3.8) is 0 Å². The molecule has 0 amide bonds. The SMILES string of the molecule is O=[Te]([O-])[O-].[Mg+2]. The average molecular weight is 200 g/mol. The summed E-state index contributed by atoms with van der Waals surface area (Å²) in [6.07, 6.45) is 0. The fraction of sp³-hybridized carbons (Fsp3) is 0. The molecule has 0 aliphatic heterocycles. The van der Waals surface area contributed by atoms with Gasteiger partial charge in [0.25, 0.3) is 0 Å². The summed E-state index contributed by atoms with van der Waals surface area (Å²) in [5, 5.41) is 0. The quantitative estimate of drug-likeness (QED) is 0.385. The minimum absolute atomic E-state index is 0. The summed E-state index contributed by atoms with van der Waals surface area (Å²) in [6.45, 7) is 0. The van der Waals surface area contributed by atoms with Crippen LogP contribution in [0.2, 0.25) is 0 Å². The molecule has 0 aliphatic rings. The van der Waals surface area contributed by atoms with Crippen molar-refractivity contribution < 1.29 is 10.0 Å². The molecule has 0 saturated heterocycles. The van der Waals surface area contributed by atoms with Gasteiger partial charge in [-0.2, -0.15) is 0 Å². The van der Waals surface area contributed by atoms with E-state index in [1.54, 1.807) is 0 Å². The zero-order valence-corrected chi connectivity index (χ0v) is 6.08. The summed E-state index contributed by atoms with van der Waals surface area (Å²) in [5.41, 5.74) is 0.